The maximum atomic E-state index is 13.7. The van der Waals surface area contributed by atoms with Crippen molar-refractivity contribution < 1.29 is 23.8 Å². The van der Waals surface area contributed by atoms with Gasteiger partial charge in [0.25, 0.3) is 5.91 Å². The number of hydrogen-bond acceptors (Lipinski definition) is 6. The Morgan fingerprint density at radius 2 is 1.72 bits per heavy atom. The van der Waals surface area contributed by atoms with Gasteiger partial charge in [0, 0.05) is 31.6 Å². The number of carbonyl (C=O) groups excluding carboxylic acids is 2. The van der Waals surface area contributed by atoms with E-state index in [1.807, 2.05) is 48.5 Å². The molecule has 1 fully saturated rings. The molecule has 1 saturated carbocycles. The van der Waals surface area contributed by atoms with Gasteiger partial charge in [-0.2, -0.15) is 5.10 Å². The minimum atomic E-state index is -0.282. The van der Waals surface area contributed by atoms with Crippen LogP contribution in [0.1, 0.15) is 49.3 Å². The molecule has 2 aliphatic rings. The van der Waals surface area contributed by atoms with Gasteiger partial charge < -0.3 is 19.1 Å². The van der Waals surface area contributed by atoms with Crippen LogP contribution in [0.2, 0.25) is 0 Å². The van der Waals surface area contributed by atoms with Gasteiger partial charge in [0.1, 0.15) is 18.0 Å². The lowest BCUT2D eigenvalue weighted by atomic mass is 9.98. The van der Waals surface area contributed by atoms with E-state index in [0.29, 0.717) is 19.6 Å². The lowest BCUT2D eigenvalue weighted by Gasteiger charge is -2.28. The van der Waals surface area contributed by atoms with Gasteiger partial charge in [-0.1, -0.05) is 37.1 Å². The zero-order chi connectivity index (χ0) is 25.5. The quantitative estimate of drug-likeness (QED) is 0.499. The number of carbonyl (C=O) groups is 2. The number of benzene rings is 2. The minimum absolute atomic E-state index is 0.0125. The van der Waals surface area contributed by atoms with Crippen LogP contribution in [-0.4, -0.2) is 68.5 Å². The summed E-state index contributed by atoms with van der Waals surface area (Å²) < 4.78 is 15.9. The predicted molar refractivity (Wildman–Crippen MR) is 137 cm³/mol. The predicted octanol–water partition coefficient (Wildman–Crippen LogP) is 4.05. The molecule has 192 valence electrons. The van der Waals surface area contributed by atoms with E-state index in [9.17, 15) is 9.59 Å². The third-order valence-electron chi connectivity index (χ3n) is 6.98. The van der Waals surface area contributed by atoms with E-state index in [1.54, 1.807) is 31.2 Å². The zero-order valence-corrected chi connectivity index (χ0v) is 21.3. The standard InChI is InChI=1S/C28H35N3O5/c1-34-16-15-30(28(33)21-7-4-5-8-21)19-27(32)31-26(20-11-13-23(35-2)14-12-20)18-25(29-31)22-9-6-10-24(17-22)36-3/h6,9-14,17,21,26H,4-5,7-8,15-16,18-19H2,1-3H3/t26-/m1/s1. The van der Waals surface area contributed by atoms with Crippen LogP contribution in [0.4, 0.5) is 0 Å². The largest absolute Gasteiger partial charge is 0.497 e. The Balaban J connectivity index is 1.61. The van der Waals surface area contributed by atoms with Crippen LogP contribution >= 0.6 is 0 Å². The number of amides is 2. The van der Waals surface area contributed by atoms with Gasteiger partial charge in [-0.05, 0) is 42.7 Å². The molecule has 0 spiro atoms. The summed E-state index contributed by atoms with van der Waals surface area (Å²) in [6, 6.07) is 15.1. The molecule has 1 aliphatic heterocycles. The summed E-state index contributed by atoms with van der Waals surface area (Å²) in [5, 5.41) is 6.31. The second-order valence-corrected chi connectivity index (χ2v) is 9.24. The molecule has 2 aromatic carbocycles. The molecule has 36 heavy (non-hydrogen) atoms. The van der Waals surface area contributed by atoms with Crippen LogP contribution in [-0.2, 0) is 14.3 Å². The molecule has 2 aromatic rings. The van der Waals surface area contributed by atoms with Crippen molar-refractivity contribution in [3.8, 4) is 11.5 Å². The number of hydrogen-bond donors (Lipinski definition) is 0. The van der Waals surface area contributed by atoms with E-state index in [0.717, 1.165) is 54.0 Å². The van der Waals surface area contributed by atoms with Crippen molar-refractivity contribution in [2.24, 2.45) is 11.0 Å². The maximum Gasteiger partial charge on any atom is 0.262 e. The summed E-state index contributed by atoms with van der Waals surface area (Å²) in [6.07, 6.45) is 4.43. The first-order chi connectivity index (χ1) is 17.5. The Kier molecular flexibility index (Phi) is 8.59. The molecule has 0 N–H and O–H groups in total. The molecular weight excluding hydrogens is 458 g/mol. The second-order valence-electron chi connectivity index (χ2n) is 9.24. The molecule has 2 amide bonds. The molecule has 0 unspecified atom stereocenters. The lowest BCUT2D eigenvalue weighted by molar-refractivity contribution is -0.144. The molecule has 1 aliphatic carbocycles. The van der Waals surface area contributed by atoms with Crippen molar-refractivity contribution >= 4 is 17.5 Å². The van der Waals surface area contributed by atoms with E-state index >= 15 is 0 Å². The highest BCUT2D eigenvalue weighted by Crippen LogP contribution is 2.34. The third-order valence-corrected chi connectivity index (χ3v) is 6.98. The minimum Gasteiger partial charge on any atom is -0.497 e. The van der Waals surface area contributed by atoms with Crippen molar-refractivity contribution in [1.29, 1.82) is 0 Å². The van der Waals surface area contributed by atoms with Gasteiger partial charge in [-0.15, -0.1) is 0 Å². The first kappa shape index (κ1) is 25.7. The van der Waals surface area contributed by atoms with Crippen molar-refractivity contribution in [1.82, 2.24) is 9.91 Å². The first-order valence-corrected chi connectivity index (χ1v) is 12.5. The molecule has 8 heteroatoms. The SMILES string of the molecule is COCCN(CC(=O)N1N=C(c2cccc(OC)c2)C[C@@H]1c1ccc(OC)cc1)C(=O)C1CCCC1. The normalized spacial score (nSPS) is 17.7. The van der Waals surface area contributed by atoms with Gasteiger partial charge in [0.05, 0.1) is 32.6 Å². The highest BCUT2D eigenvalue weighted by Gasteiger charge is 2.35. The molecule has 0 radical (unpaired) electrons. The smallest absolute Gasteiger partial charge is 0.262 e. The fourth-order valence-electron chi connectivity index (χ4n) is 4.94. The molecule has 0 bridgehead atoms. The summed E-state index contributed by atoms with van der Waals surface area (Å²) >= 11 is 0. The van der Waals surface area contributed by atoms with Crippen LogP contribution in [0.3, 0.4) is 0 Å². The number of hydrazone groups is 1. The number of methoxy groups -OCH3 is 3. The van der Waals surface area contributed by atoms with Gasteiger partial charge in [0.15, 0.2) is 0 Å². The lowest BCUT2D eigenvalue weighted by Crippen LogP contribution is -2.44. The van der Waals surface area contributed by atoms with E-state index in [2.05, 4.69) is 0 Å². The van der Waals surface area contributed by atoms with Crippen LogP contribution in [0, 0.1) is 5.92 Å². The van der Waals surface area contributed by atoms with Crippen LogP contribution in [0.5, 0.6) is 11.5 Å². The summed E-state index contributed by atoms with van der Waals surface area (Å²) in [6.45, 7) is 0.733. The molecule has 1 atom stereocenters. The third kappa shape index (κ3) is 5.87. The van der Waals surface area contributed by atoms with E-state index in [1.165, 1.54) is 0 Å². The Morgan fingerprint density at radius 1 is 1.00 bits per heavy atom. The zero-order valence-electron chi connectivity index (χ0n) is 21.3. The van der Waals surface area contributed by atoms with Crippen molar-refractivity contribution in [3.05, 3.63) is 59.7 Å². The van der Waals surface area contributed by atoms with Crippen molar-refractivity contribution in [2.45, 2.75) is 38.1 Å². The Morgan fingerprint density at radius 3 is 2.39 bits per heavy atom. The van der Waals surface area contributed by atoms with Crippen molar-refractivity contribution in [2.75, 3.05) is 41.0 Å². The fourth-order valence-corrected chi connectivity index (χ4v) is 4.94. The molecule has 0 saturated heterocycles. The molecule has 0 aromatic heterocycles. The first-order valence-electron chi connectivity index (χ1n) is 12.5. The average Bonchev–Trinajstić information content (AvgIpc) is 3.62. The highest BCUT2D eigenvalue weighted by atomic mass is 16.5. The highest BCUT2D eigenvalue weighted by molar-refractivity contribution is 6.03. The van der Waals surface area contributed by atoms with Crippen LogP contribution < -0.4 is 9.47 Å². The van der Waals surface area contributed by atoms with Crippen molar-refractivity contribution in [3.63, 3.8) is 0 Å². The summed E-state index contributed by atoms with van der Waals surface area (Å²) in [7, 11) is 4.85. The van der Waals surface area contributed by atoms with Gasteiger partial charge >= 0.3 is 0 Å². The fraction of sp³-hybridized carbons (Fsp3) is 0.464. The molecular formula is C28H35N3O5. The van der Waals surface area contributed by atoms with Gasteiger partial charge in [-0.3, -0.25) is 9.59 Å². The van der Waals surface area contributed by atoms with E-state index in [4.69, 9.17) is 19.3 Å². The molecule has 4 rings (SSSR count). The number of rotatable bonds is 10. The van der Waals surface area contributed by atoms with Gasteiger partial charge in [-0.25, -0.2) is 5.01 Å². The van der Waals surface area contributed by atoms with Crippen LogP contribution in [0.25, 0.3) is 0 Å². The molecule has 8 nitrogen and oxygen atoms in total. The Bertz CT molecular complexity index is 1080. The number of ether oxygens (including phenoxy) is 3. The summed E-state index contributed by atoms with van der Waals surface area (Å²) in [5.74, 6) is 1.29. The maximum absolute atomic E-state index is 13.7. The number of nitrogens with zero attached hydrogens (tertiary/aromatic N) is 3. The van der Waals surface area contributed by atoms with Gasteiger partial charge in [0.2, 0.25) is 5.91 Å². The van der Waals surface area contributed by atoms with E-state index in [-0.39, 0.29) is 30.3 Å². The summed E-state index contributed by atoms with van der Waals surface area (Å²) in [5.41, 5.74) is 2.66. The molecule has 1 heterocycles. The monoisotopic (exact) mass is 493 g/mol. The summed E-state index contributed by atoms with van der Waals surface area (Å²) in [4.78, 5) is 28.5. The van der Waals surface area contributed by atoms with Crippen LogP contribution in [0.15, 0.2) is 53.6 Å². The Labute approximate surface area is 212 Å². The topological polar surface area (TPSA) is 80.7 Å². The van der Waals surface area contributed by atoms with E-state index < -0.39 is 0 Å². The second kappa shape index (κ2) is 12.0. The Hall–Kier alpha value is -3.39. The average molecular weight is 494 g/mol.